The molecule has 3 N–H and O–H groups in total. The number of carbonyl (C=O) groups is 2. The molecule has 1 rings (SSSR count). The molecule has 1 saturated carbocycles. The van der Waals surface area contributed by atoms with E-state index in [-0.39, 0.29) is 5.92 Å². The fourth-order valence-corrected chi connectivity index (χ4v) is 3.15. The number of ether oxygens (including phenoxy) is 1. The smallest absolute Gasteiger partial charge is 0.407 e. The Morgan fingerprint density at radius 1 is 1.00 bits per heavy atom. The molecule has 0 radical (unpaired) electrons. The lowest BCUT2D eigenvalue weighted by atomic mass is 9.98. The first-order valence-electron chi connectivity index (χ1n) is 10.6. The van der Waals surface area contributed by atoms with Crippen LogP contribution < -0.4 is 5.32 Å². The number of nitrogens with one attached hydrogen (secondary N) is 1. The van der Waals surface area contributed by atoms with Gasteiger partial charge in [0.1, 0.15) is 6.04 Å². The van der Waals surface area contributed by atoms with Gasteiger partial charge in [0, 0.05) is 6.61 Å². The topological polar surface area (TPSA) is 95.9 Å². The summed E-state index contributed by atoms with van der Waals surface area (Å²) in [6.07, 6.45) is 15.1. The van der Waals surface area contributed by atoms with E-state index in [9.17, 15) is 14.7 Å². The number of carbonyl (C=O) groups excluding carboxylic acids is 1. The number of hydrogen-bond acceptors (Lipinski definition) is 4. The van der Waals surface area contributed by atoms with E-state index in [1.54, 1.807) is 0 Å². The Kier molecular flexibility index (Phi) is 17.3. The lowest BCUT2D eigenvalue weighted by molar-refractivity contribution is -0.140. The van der Waals surface area contributed by atoms with Crippen LogP contribution in [0.5, 0.6) is 0 Å². The highest BCUT2D eigenvalue weighted by molar-refractivity contribution is 5.80. The average molecular weight is 398 g/mol. The van der Waals surface area contributed by atoms with Crippen molar-refractivity contribution in [1.29, 1.82) is 0 Å². The number of aliphatic carboxylic acids is 1. The van der Waals surface area contributed by atoms with Gasteiger partial charge >= 0.3 is 12.1 Å². The molecule has 0 unspecified atom stereocenters. The van der Waals surface area contributed by atoms with E-state index in [4.69, 9.17) is 9.84 Å². The summed E-state index contributed by atoms with van der Waals surface area (Å²) < 4.78 is 5.02. The van der Waals surface area contributed by atoms with Crippen LogP contribution in [0.25, 0.3) is 0 Å². The van der Waals surface area contributed by atoms with Crippen molar-refractivity contribution in [1.82, 2.24) is 5.32 Å². The zero-order valence-electron chi connectivity index (χ0n) is 17.2. The fraction of sp³-hybridized carbons (Fsp3) is 0.727. The van der Waals surface area contributed by atoms with Gasteiger partial charge in [-0.15, -0.1) is 13.2 Å². The predicted octanol–water partition coefficient (Wildman–Crippen LogP) is 4.83. The molecule has 0 aromatic rings. The van der Waals surface area contributed by atoms with Crippen molar-refractivity contribution in [2.24, 2.45) is 5.92 Å². The van der Waals surface area contributed by atoms with Gasteiger partial charge in [0.25, 0.3) is 0 Å². The van der Waals surface area contributed by atoms with Crippen molar-refractivity contribution in [3.63, 3.8) is 0 Å². The highest BCUT2D eigenvalue weighted by atomic mass is 16.5. The van der Waals surface area contributed by atoms with Gasteiger partial charge in [0.05, 0.1) is 6.61 Å². The van der Waals surface area contributed by atoms with Gasteiger partial charge in [-0.2, -0.15) is 0 Å². The molecule has 0 aliphatic heterocycles. The van der Waals surface area contributed by atoms with Crippen molar-refractivity contribution >= 4 is 12.1 Å². The normalized spacial score (nSPS) is 14.5. The molecule has 0 aromatic heterocycles. The molecule has 1 aliphatic carbocycles. The van der Waals surface area contributed by atoms with Gasteiger partial charge in [-0.3, -0.25) is 0 Å². The molecule has 1 amide bonds. The molecule has 0 heterocycles. The molecule has 1 fully saturated rings. The molecule has 0 bridgehead atoms. The quantitative estimate of drug-likeness (QED) is 0.288. The molecule has 6 nitrogen and oxygen atoms in total. The van der Waals surface area contributed by atoms with Crippen molar-refractivity contribution in [3.8, 4) is 0 Å². The van der Waals surface area contributed by atoms with Crippen molar-refractivity contribution in [2.75, 3.05) is 13.2 Å². The number of hydrogen-bond donors (Lipinski definition) is 3. The van der Waals surface area contributed by atoms with Crippen LogP contribution in [-0.2, 0) is 9.53 Å². The Balaban J connectivity index is 0.000000769. The number of alkyl carbamates (subject to hydrolysis) is 1. The van der Waals surface area contributed by atoms with Crippen molar-refractivity contribution in [2.45, 2.75) is 83.1 Å². The second-order valence-corrected chi connectivity index (χ2v) is 7.14. The third-order valence-electron chi connectivity index (χ3n) is 4.76. The number of amides is 1. The summed E-state index contributed by atoms with van der Waals surface area (Å²) in [7, 11) is 0. The zero-order valence-corrected chi connectivity index (χ0v) is 17.2. The molecule has 28 heavy (non-hydrogen) atoms. The molecule has 6 heteroatoms. The van der Waals surface area contributed by atoms with Crippen LogP contribution in [0, 0.1) is 5.92 Å². The van der Waals surface area contributed by atoms with Crippen LogP contribution in [-0.4, -0.2) is 41.5 Å². The van der Waals surface area contributed by atoms with Crippen molar-refractivity contribution < 1.29 is 24.5 Å². The van der Waals surface area contributed by atoms with Crippen molar-refractivity contribution in [3.05, 3.63) is 25.3 Å². The second kappa shape index (κ2) is 18.5. The number of aliphatic hydroxyl groups is 1. The van der Waals surface area contributed by atoms with Crippen LogP contribution in [0.2, 0.25) is 0 Å². The van der Waals surface area contributed by atoms with E-state index in [1.165, 1.54) is 6.42 Å². The Labute approximate surface area is 170 Å². The summed E-state index contributed by atoms with van der Waals surface area (Å²) in [6, 6.07) is -0.814. The number of carboxylic acid groups (broad SMARTS) is 1. The molecular formula is C22H39NO5. The van der Waals surface area contributed by atoms with Gasteiger partial charge in [-0.1, -0.05) is 31.4 Å². The molecule has 1 atom stereocenters. The van der Waals surface area contributed by atoms with Crippen LogP contribution in [0.4, 0.5) is 4.79 Å². The first-order valence-corrected chi connectivity index (χ1v) is 10.6. The lowest BCUT2D eigenvalue weighted by Gasteiger charge is -2.20. The predicted molar refractivity (Wildman–Crippen MR) is 112 cm³/mol. The standard InChI is InChI=1S/C15H25NO4.C7H14O/c1-2-3-4-5-8-11-20-15(19)16-13(14(17)18)12-9-6-7-10-12;1-2-3-4-5-6-7-8/h2,12-13H,1,3-11H2,(H,16,19)(H,17,18);2,8H,1,3-7H2/t13-;/m0./s1. The minimum atomic E-state index is -0.972. The third kappa shape index (κ3) is 14.3. The number of aliphatic hydroxyl groups excluding tert-OH is 1. The van der Waals surface area contributed by atoms with Crippen LogP contribution in [0.15, 0.2) is 25.3 Å². The second-order valence-electron chi connectivity index (χ2n) is 7.14. The fourth-order valence-electron chi connectivity index (χ4n) is 3.15. The van der Waals surface area contributed by atoms with Crippen LogP contribution >= 0.6 is 0 Å². The van der Waals surface area contributed by atoms with Gasteiger partial charge in [-0.25, -0.2) is 9.59 Å². The Morgan fingerprint density at radius 3 is 2.07 bits per heavy atom. The zero-order chi connectivity index (χ0) is 21.0. The number of carboxylic acids is 1. The Hall–Kier alpha value is -1.82. The number of rotatable bonds is 14. The first-order chi connectivity index (χ1) is 13.6. The van der Waals surface area contributed by atoms with E-state index < -0.39 is 18.1 Å². The highest BCUT2D eigenvalue weighted by Crippen LogP contribution is 2.27. The van der Waals surface area contributed by atoms with Gasteiger partial charge in [-0.05, 0) is 63.7 Å². The summed E-state index contributed by atoms with van der Waals surface area (Å²) in [5, 5.41) is 20.0. The number of unbranched alkanes of at least 4 members (excludes halogenated alkanes) is 6. The Morgan fingerprint density at radius 2 is 1.57 bits per heavy atom. The maximum atomic E-state index is 11.6. The first kappa shape index (κ1) is 26.2. The third-order valence-corrected chi connectivity index (χ3v) is 4.76. The van der Waals surface area contributed by atoms with E-state index in [1.807, 2.05) is 12.2 Å². The van der Waals surface area contributed by atoms with Gasteiger partial charge < -0.3 is 20.3 Å². The summed E-state index contributed by atoms with van der Waals surface area (Å²) >= 11 is 0. The molecule has 0 saturated heterocycles. The van der Waals surface area contributed by atoms with Gasteiger partial charge in [0.15, 0.2) is 0 Å². The summed E-state index contributed by atoms with van der Waals surface area (Å²) in [5.74, 6) is -0.938. The maximum Gasteiger partial charge on any atom is 0.407 e. The molecular weight excluding hydrogens is 358 g/mol. The molecule has 162 valence electrons. The summed E-state index contributed by atoms with van der Waals surface area (Å²) in [4.78, 5) is 22.8. The van der Waals surface area contributed by atoms with E-state index >= 15 is 0 Å². The lowest BCUT2D eigenvalue weighted by Crippen LogP contribution is -2.45. The van der Waals surface area contributed by atoms with E-state index in [2.05, 4.69) is 18.5 Å². The van der Waals surface area contributed by atoms with Crippen LogP contribution in [0.3, 0.4) is 0 Å². The SMILES string of the molecule is C=CCCCCCO.C=CCCCCCOC(=O)N[C@H](C(=O)O)C1CCCC1. The largest absolute Gasteiger partial charge is 0.480 e. The highest BCUT2D eigenvalue weighted by Gasteiger charge is 2.32. The average Bonchev–Trinajstić information content (AvgIpc) is 3.21. The van der Waals surface area contributed by atoms with Gasteiger partial charge in [0.2, 0.25) is 0 Å². The minimum Gasteiger partial charge on any atom is -0.480 e. The summed E-state index contributed by atoms with van der Waals surface area (Å²) in [6.45, 7) is 7.90. The summed E-state index contributed by atoms with van der Waals surface area (Å²) in [5.41, 5.74) is 0. The van der Waals surface area contributed by atoms with Crippen LogP contribution in [0.1, 0.15) is 77.0 Å². The molecule has 0 aromatic carbocycles. The molecule has 1 aliphatic rings. The monoisotopic (exact) mass is 397 g/mol. The van der Waals surface area contributed by atoms with E-state index in [0.717, 1.165) is 70.6 Å². The maximum absolute atomic E-state index is 11.6. The minimum absolute atomic E-state index is 0.0349. The van der Waals surface area contributed by atoms with E-state index in [0.29, 0.717) is 13.2 Å². The Bertz CT molecular complexity index is 433. The molecule has 0 spiro atoms. The number of allylic oxidation sites excluding steroid dienone is 2.